The molecule has 0 N–H and O–H groups in total. The molecule has 0 atom stereocenters. The smallest absolute Gasteiger partial charge is 0.343 e. The summed E-state index contributed by atoms with van der Waals surface area (Å²) in [5.41, 5.74) is 1.71. The highest BCUT2D eigenvalue weighted by atomic mass is 127. The fraction of sp³-hybridized carbons (Fsp3) is 0.176. The summed E-state index contributed by atoms with van der Waals surface area (Å²) in [4.78, 5) is 24.3. The maximum absolute atomic E-state index is 12.3. The number of benzene rings is 2. The molecule has 0 aliphatic carbocycles. The monoisotopic (exact) mass is 488 g/mol. The van der Waals surface area contributed by atoms with Gasteiger partial charge in [0.1, 0.15) is 11.3 Å². The van der Waals surface area contributed by atoms with E-state index in [4.69, 9.17) is 9.47 Å². The average Bonchev–Trinajstić information content (AvgIpc) is 2.51. The van der Waals surface area contributed by atoms with Crippen LogP contribution in [-0.2, 0) is 4.74 Å². The summed E-state index contributed by atoms with van der Waals surface area (Å²) in [6.45, 7) is 3.93. The van der Waals surface area contributed by atoms with Crippen LogP contribution >= 0.6 is 38.5 Å². The predicted octanol–water partition coefficient (Wildman–Crippen LogP) is 4.76. The van der Waals surface area contributed by atoms with Crippen molar-refractivity contribution in [2.45, 2.75) is 13.8 Å². The Morgan fingerprint density at radius 1 is 1.13 bits per heavy atom. The maximum atomic E-state index is 12.3. The van der Waals surface area contributed by atoms with Gasteiger partial charge in [0.15, 0.2) is 0 Å². The summed E-state index contributed by atoms with van der Waals surface area (Å²) in [6.07, 6.45) is 0. The van der Waals surface area contributed by atoms with Crippen LogP contribution in [0.1, 0.15) is 33.2 Å². The number of hydrogen-bond acceptors (Lipinski definition) is 4. The van der Waals surface area contributed by atoms with E-state index in [0.717, 1.165) is 9.13 Å². The van der Waals surface area contributed by atoms with Gasteiger partial charge in [0.2, 0.25) is 0 Å². The molecular formula is C17H14BrIO4. The molecule has 0 saturated heterocycles. The van der Waals surface area contributed by atoms with Gasteiger partial charge in [-0.15, -0.1) is 0 Å². The minimum Gasteiger partial charge on any atom is -0.462 e. The maximum Gasteiger partial charge on any atom is 0.343 e. The number of aryl methyl sites for hydroxylation is 1. The van der Waals surface area contributed by atoms with Gasteiger partial charge in [0, 0.05) is 8.04 Å². The van der Waals surface area contributed by atoms with E-state index < -0.39 is 11.9 Å². The van der Waals surface area contributed by atoms with Gasteiger partial charge in [0.05, 0.1) is 12.2 Å². The van der Waals surface area contributed by atoms with Gasteiger partial charge in [-0.3, -0.25) is 0 Å². The number of carbonyl (C=O) groups is 2. The summed E-state index contributed by atoms with van der Waals surface area (Å²) in [6, 6.07) is 10.1. The predicted molar refractivity (Wildman–Crippen MR) is 99.0 cm³/mol. The molecule has 0 amide bonds. The van der Waals surface area contributed by atoms with Gasteiger partial charge in [-0.05, 0) is 72.3 Å². The lowest BCUT2D eigenvalue weighted by molar-refractivity contribution is 0.0520. The Kier molecular flexibility index (Phi) is 6.17. The van der Waals surface area contributed by atoms with E-state index in [9.17, 15) is 9.59 Å². The first-order valence-electron chi connectivity index (χ1n) is 6.87. The molecule has 4 nitrogen and oxygen atoms in total. The molecule has 6 heteroatoms. The number of halogens is 2. The highest BCUT2D eigenvalue weighted by Gasteiger charge is 2.18. The standard InChI is InChI=1S/C17H14BrIO4/c1-3-22-17(21)13-9-12(18)6-7-15(13)23-16(20)11-5-4-10(2)14(19)8-11/h4-9H,3H2,1-2H3. The number of esters is 2. The second-order valence-electron chi connectivity index (χ2n) is 4.71. The van der Waals surface area contributed by atoms with Crippen LogP contribution in [0.4, 0.5) is 0 Å². The topological polar surface area (TPSA) is 52.6 Å². The van der Waals surface area contributed by atoms with Crippen molar-refractivity contribution >= 4 is 50.5 Å². The number of carbonyl (C=O) groups excluding carboxylic acids is 2. The molecule has 0 saturated carbocycles. The zero-order valence-corrected chi connectivity index (χ0v) is 16.3. The molecular weight excluding hydrogens is 475 g/mol. The second kappa shape index (κ2) is 7.92. The Hall–Kier alpha value is -1.41. The van der Waals surface area contributed by atoms with Crippen LogP contribution in [0.15, 0.2) is 40.9 Å². The van der Waals surface area contributed by atoms with Crippen LogP contribution in [0.5, 0.6) is 5.75 Å². The molecule has 120 valence electrons. The second-order valence-corrected chi connectivity index (χ2v) is 6.79. The van der Waals surface area contributed by atoms with Crippen LogP contribution in [0.25, 0.3) is 0 Å². The molecule has 0 radical (unpaired) electrons. The third kappa shape index (κ3) is 4.54. The van der Waals surface area contributed by atoms with E-state index in [1.807, 2.05) is 13.0 Å². The molecule has 23 heavy (non-hydrogen) atoms. The summed E-state index contributed by atoms with van der Waals surface area (Å²) in [5, 5.41) is 0. The van der Waals surface area contributed by atoms with E-state index >= 15 is 0 Å². The lowest BCUT2D eigenvalue weighted by atomic mass is 10.1. The zero-order chi connectivity index (χ0) is 17.0. The van der Waals surface area contributed by atoms with Crippen LogP contribution in [-0.4, -0.2) is 18.5 Å². The average molecular weight is 489 g/mol. The lowest BCUT2D eigenvalue weighted by Crippen LogP contribution is -2.13. The lowest BCUT2D eigenvalue weighted by Gasteiger charge is -2.10. The first-order chi connectivity index (χ1) is 10.9. The third-order valence-electron chi connectivity index (χ3n) is 3.05. The summed E-state index contributed by atoms with van der Waals surface area (Å²) in [7, 11) is 0. The zero-order valence-electron chi connectivity index (χ0n) is 12.6. The van der Waals surface area contributed by atoms with E-state index in [-0.39, 0.29) is 17.9 Å². The minimum absolute atomic E-state index is 0.173. The van der Waals surface area contributed by atoms with Crippen molar-refractivity contribution in [3.05, 3.63) is 61.1 Å². The van der Waals surface area contributed by atoms with E-state index in [0.29, 0.717) is 10.0 Å². The van der Waals surface area contributed by atoms with Crippen molar-refractivity contribution in [2.75, 3.05) is 6.61 Å². The number of ether oxygens (including phenoxy) is 2. The molecule has 2 aromatic rings. The normalized spacial score (nSPS) is 10.3. The quantitative estimate of drug-likeness (QED) is 0.354. The van der Waals surface area contributed by atoms with Crippen LogP contribution in [0, 0.1) is 10.5 Å². The fourth-order valence-corrected chi connectivity index (χ4v) is 2.71. The largest absolute Gasteiger partial charge is 0.462 e. The van der Waals surface area contributed by atoms with Crippen molar-refractivity contribution in [3.8, 4) is 5.75 Å². The van der Waals surface area contributed by atoms with E-state index in [1.54, 1.807) is 37.3 Å². The van der Waals surface area contributed by atoms with Crippen molar-refractivity contribution in [1.82, 2.24) is 0 Å². The van der Waals surface area contributed by atoms with Gasteiger partial charge in [0.25, 0.3) is 0 Å². The molecule has 0 aliphatic heterocycles. The van der Waals surface area contributed by atoms with Crippen molar-refractivity contribution in [3.63, 3.8) is 0 Å². The summed E-state index contributed by atoms with van der Waals surface area (Å²) >= 11 is 5.45. The molecule has 0 heterocycles. The van der Waals surface area contributed by atoms with Gasteiger partial charge < -0.3 is 9.47 Å². The van der Waals surface area contributed by atoms with Gasteiger partial charge in [-0.2, -0.15) is 0 Å². The molecule has 0 unspecified atom stereocenters. The molecule has 0 fully saturated rings. The van der Waals surface area contributed by atoms with E-state index in [1.165, 1.54) is 0 Å². The fourth-order valence-electron chi connectivity index (χ4n) is 1.84. The highest BCUT2D eigenvalue weighted by Crippen LogP contribution is 2.25. The first kappa shape index (κ1) is 17.9. The highest BCUT2D eigenvalue weighted by molar-refractivity contribution is 14.1. The van der Waals surface area contributed by atoms with Crippen molar-refractivity contribution in [2.24, 2.45) is 0 Å². The van der Waals surface area contributed by atoms with E-state index in [2.05, 4.69) is 38.5 Å². The number of hydrogen-bond donors (Lipinski definition) is 0. The SMILES string of the molecule is CCOC(=O)c1cc(Br)ccc1OC(=O)c1ccc(C)c(I)c1. The van der Waals surface area contributed by atoms with Gasteiger partial charge in [-0.25, -0.2) is 9.59 Å². The Morgan fingerprint density at radius 2 is 1.87 bits per heavy atom. The number of rotatable bonds is 4. The Morgan fingerprint density at radius 3 is 2.52 bits per heavy atom. The van der Waals surface area contributed by atoms with Gasteiger partial charge in [-0.1, -0.05) is 22.0 Å². The molecule has 2 rings (SSSR count). The Labute approximate surface area is 156 Å². The van der Waals surface area contributed by atoms with Crippen LogP contribution in [0.3, 0.4) is 0 Å². The van der Waals surface area contributed by atoms with Crippen molar-refractivity contribution in [1.29, 1.82) is 0 Å². The summed E-state index contributed by atoms with van der Waals surface area (Å²) < 4.78 is 12.0. The van der Waals surface area contributed by atoms with Crippen LogP contribution < -0.4 is 4.74 Å². The van der Waals surface area contributed by atoms with Crippen LogP contribution in [0.2, 0.25) is 0 Å². The molecule has 0 spiro atoms. The molecule has 0 bridgehead atoms. The molecule has 2 aromatic carbocycles. The molecule has 0 aromatic heterocycles. The Bertz CT molecular complexity index is 758. The Balaban J connectivity index is 2.30. The molecule has 0 aliphatic rings. The first-order valence-corrected chi connectivity index (χ1v) is 8.74. The summed E-state index contributed by atoms with van der Waals surface area (Å²) in [5.74, 6) is -0.877. The van der Waals surface area contributed by atoms with Crippen molar-refractivity contribution < 1.29 is 19.1 Å². The van der Waals surface area contributed by atoms with Gasteiger partial charge >= 0.3 is 11.9 Å². The third-order valence-corrected chi connectivity index (χ3v) is 4.70. The minimum atomic E-state index is -0.532.